The molecule has 0 radical (unpaired) electrons. The first-order chi connectivity index (χ1) is 12.3. The van der Waals surface area contributed by atoms with Crippen LogP contribution in [0.2, 0.25) is 0 Å². The highest BCUT2D eigenvalue weighted by Gasteiger charge is 2.32. The Bertz CT molecular complexity index is 879. The van der Waals surface area contributed by atoms with Gasteiger partial charge in [-0.15, -0.1) is 0 Å². The van der Waals surface area contributed by atoms with E-state index in [1.807, 2.05) is 44.2 Å². The normalized spacial score (nSPS) is 16.0. The van der Waals surface area contributed by atoms with Gasteiger partial charge in [-0.2, -0.15) is 5.10 Å². The Balaban J connectivity index is 1.96. The van der Waals surface area contributed by atoms with Gasteiger partial charge in [0.2, 0.25) is 0 Å². The van der Waals surface area contributed by atoms with Crippen LogP contribution in [0.5, 0.6) is 0 Å². The molecular formula is C20H23N3O3. The molecule has 1 amide bonds. The molecule has 1 aromatic heterocycles. The summed E-state index contributed by atoms with van der Waals surface area (Å²) in [5, 5.41) is 7.49. The molecule has 2 heterocycles. The standard InChI is InChI=1S/C20H23N3O3/c1-5-16-13(2)18(23(22-16)14-9-7-6-8-10-14)21-19(25)17-11-15(24)12-20(3,4)26-17/h6-11H,5,12H2,1-4H3,(H,21,25). The first kappa shape index (κ1) is 17.9. The van der Waals surface area contributed by atoms with Crippen LogP contribution >= 0.6 is 0 Å². The van der Waals surface area contributed by atoms with E-state index in [9.17, 15) is 9.59 Å². The maximum atomic E-state index is 12.7. The molecule has 0 spiro atoms. The highest BCUT2D eigenvalue weighted by molar-refractivity contribution is 6.07. The molecule has 136 valence electrons. The zero-order valence-corrected chi connectivity index (χ0v) is 15.5. The average Bonchev–Trinajstić information content (AvgIpc) is 2.90. The van der Waals surface area contributed by atoms with Gasteiger partial charge >= 0.3 is 0 Å². The Morgan fingerprint density at radius 1 is 1.31 bits per heavy atom. The quantitative estimate of drug-likeness (QED) is 0.915. The molecule has 0 saturated heterocycles. The summed E-state index contributed by atoms with van der Waals surface area (Å²) in [5.41, 5.74) is 1.95. The number of para-hydroxylation sites is 1. The van der Waals surface area contributed by atoms with Crippen molar-refractivity contribution >= 4 is 17.5 Å². The lowest BCUT2D eigenvalue weighted by Gasteiger charge is -2.29. The van der Waals surface area contributed by atoms with Crippen molar-refractivity contribution in [2.24, 2.45) is 0 Å². The molecule has 26 heavy (non-hydrogen) atoms. The van der Waals surface area contributed by atoms with Gasteiger partial charge in [0.25, 0.3) is 5.91 Å². The SMILES string of the molecule is CCc1nn(-c2ccccc2)c(NC(=O)C2=CC(=O)CC(C)(C)O2)c1C. The zero-order chi connectivity index (χ0) is 18.9. The summed E-state index contributed by atoms with van der Waals surface area (Å²) in [6, 6.07) is 9.59. The Hall–Kier alpha value is -2.89. The number of ketones is 1. The Morgan fingerprint density at radius 2 is 2.00 bits per heavy atom. The molecule has 0 saturated carbocycles. The number of anilines is 1. The van der Waals surface area contributed by atoms with E-state index < -0.39 is 11.5 Å². The lowest BCUT2D eigenvalue weighted by atomic mass is 9.98. The fourth-order valence-electron chi connectivity index (χ4n) is 3.04. The van der Waals surface area contributed by atoms with Gasteiger partial charge in [0.05, 0.1) is 11.4 Å². The fraction of sp³-hybridized carbons (Fsp3) is 0.350. The van der Waals surface area contributed by atoms with Gasteiger partial charge in [0.15, 0.2) is 11.5 Å². The number of benzene rings is 1. The minimum absolute atomic E-state index is 0.0320. The minimum Gasteiger partial charge on any atom is -0.481 e. The predicted molar refractivity (Wildman–Crippen MR) is 99.2 cm³/mol. The van der Waals surface area contributed by atoms with Crippen molar-refractivity contribution in [2.75, 3.05) is 5.32 Å². The van der Waals surface area contributed by atoms with Gasteiger partial charge in [0.1, 0.15) is 11.4 Å². The van der Waals surface area contributed by atoms with E-state index in [0.717, 1.165) is 23.4 Å². The molecule has 1 aliphatic heterocycles. The number of nitrogens with one attached hydrogen (secondary N) is 1. The lowest BCUT2D eigenvalue weighted by molar-refractivity contribution is -0.128. The Labute approximate surface area is 152 Å². The molecule has 0 bridgehead atoms. The van der Waals surface area contributed by atoms with Gasteiger partial charge < -0.3 is 10.1 Å². The summed E-state index contributed by atoms with van der Waals surface area (Å²) in [6.07, 6.45) is 2.27. The number of ether oxygens (including phenoxy) is 1. The Kier molecular flexibility index (Phi) is 4.68. The van der Waals surface area contributed by atoms with Gasteiger partial charge in [-0.3, -0.25) is 9.59 Å². The van der Waals surface area contributed by atoms with Crippen molar-refractivity contribution in [1.82, 2.24) is 9.78 Å². The second-order valence-electron chi connectivity index (χ2n) is 6.99. The van der Waals surface area contributed by atoms with Crippen molar-refractivity contribution in [2.45, 2.75) is 46.1 Å². The highest BCUT2D eigenvalue weighted by atomic mass is 16.5. The van der Waals surface area contributed by atoms with Gasteiger partial charge in [-0.25, -0.2) is 4.68 Å². The van der Waals surface area contributed by atoms with Gasteiger partial charge in [0, 0.05) is 18.1 Å². The summed E-state index contributed by atoms with van der Waals surface area (Å²) >= 11 is 0. The zero-order valence-electron chi connectivity index (χ0n) is 15.5. The molecule has 1 N–H and O–H groups in total. The van der Waals surface area contributed by atoms with E-state index in [4.69, 9.17) is 4.74 Å². The van der Waals surface area contributed by atoms with Crippen LogP contribution in [0.25, 0.3) is 5.69 Å². The number of hydrogen-bond acceptors (Lipinski definition) is 4. The number of aromatic nitrogens is 2. The van der Waals surface area contributed by atoms with E-state index in [1.54, 1.807) is 18.5 Å². The summed E-state index contributed by atoms with van der Waals surface area (Å²) < 4.78 is 7.41. The van der Waals surface area contributed by atoms with Crippen molar-refractivity contribution in [3.8, 4) is 5.69 Å². The van der Waals surface area contributed by atoms with E-state index in [2.05, 4.69) is 10.4 Å². The van der Waals surface area contributed by atoms with E-state index in [1.165, 1.54) is 6.08 Å². The van der Waals surface area contributed by atoms with Crippen molar-refractivity contribution in [3.05, 3.63) is 53.4 Å². The summed E-state index contributed by atoms with van der Waals surface area (Å²) in [7, 11) is 0. The molecule has 1 aliphatic rings. The van der Waals surface area contributed by atoms with Crippen LogP contribution in [0.15, 0.2) is 42.2 Å². The monoisotopic (exact) mass is 353 g/mol. The first-order valence-electron chi connectivity index (χ1n) is 8.69. The molecule has 2 aromatic rings. The lowest BCUT2D eigenvalue weighted by Crippen LogP contribution is -2.35. The van der Waals surface area contributed by atoms with Gasteiger partial charge in [-0.1, -0.05) is 25.1 Å². The van der Waals surface area contributed by atoms with E-state index >= 15 is 0 Å². The van der Waals surface area contributed by atoms with Crippen LogP contribution in [-0.2, 0) is 20.7 Å². The van der Waals surface area contributed by atoms with Crippen molar-refractivity contribution < 1.29 is 14.3 Å². The second kappa shape index (κ2) is 6.78. The summed E-state index contributed by atoms with van der Waals surface area (Å²) in [6.45, 7) is 7.52. The largest absolute Gasteiger partial charge is 0.481 e. The van der Waals surface area contributed by atoms with Crippen LogP contribution in [-0.4, -0.2) is 27.1 Å². The number of aryl methyl sites for hydroxylation is 1. The predicted octanol–water partition coefficient (Wildman–Crippen LogP) is 3.33. The number of hydrogen-bond donors (Lipinski definition) is 1. The summed E-state index contributed by atoms with van der Waals surface area (Å²) in [5.74, 6) is 0.0470. The molecule has 0 atom stereocenters. The van der Waals surface area contributed by atoms with Crippen LogP contribution in [0.1, 0.15) is 38.4 Å². The third kappa shape index (κ3) is 3.54. The molecule has 0 unspecified atom stereocenters. The maximum absolute atomic E-state index is 12.7. The van der Waals surface area contributed by atoms with E-state index in [0.29, 0.717) is 5.82 Å². The topological polar surface area (TPSA) is 73.2 Å². The average molecular weight is 353 g/mol. The van der Waals surface area contributed by atoms with E-state index in [-0.39, 0.29) is 18.0 Å². The highest BCUT2D eigenvalue weighted by Crippen LogP contribution is 2.27. The Morgan fingerprint density at radius 3 is 2.62 bits per heavy atom. The van der Waals surface area contributed by atoms with Crippen molar-refractivity contribution in [1.29, 1.82) is 0 Å². The molecule has 3 rings (SSSR count). The number of nitrogens with zero attached hydrogens (tertiary/aromatic N) is 2. The molecule has 0 aliphatic carbocycles. The second-order valence-corrected chi connectivity index (χ2v) is 6.99. The summed E-state index contributed by atoms with van der Waals surface area (Å²) in [4.78, 5) is 24.6. The number of carbonyl (C=O) groups excluding carboxylic acids is 2. The fourth-order valence-corrected chi connectivity index (χ4v) is 3.04. The third-order valence-electron chi connectivity index (χ3n) is 4.29. The molecule has 1 aromatic carbocycles. The molecule has 6 nitrogen and oxygen atoms in total. The van der Waals surface area contributed by atoms with Crippen LogP contribution in [0.3, 0.4) is 0 Å². The van der Waals surface area contributed by atoms with Crippen LogP contribution < -0.4 is 5.32 Å². The number of carbonyl (C=O) groups is 2. The molecular weight excluding hydrogens is 330 g/mol. The molecule has 6 heteroatoms. The third-order valence-corrected chi connectivity index (χ3v) is 4.29. The number of amides is 1. The first-order valence-corrected chi connectivity index (χ1v) is 8.69. The number of rotatable bonds is 4. The minimum atomic E-state index is -0.693. The van der Waals surface area contributed by atoms with Gasteiger partial charge in [-0.05, 0) is 39.3 Å². The maximum Gasteiger partial charge on any atom is 0.292 e. The smallest absolute Gasteiger partial charge is 0.292 e. The molecule has 0 fully saturated rings. The number of allylic oxidation sites excluding steroid dienone is 1. The van der Waals surface area contributed by atoms with Crippen molar-refractivity contribution in [3.63, 3.8) is 0 Å². The van der Waals surface area contributed by atoms with Crippen LogP contribution in [0.4, 0.5) is 5.82 Å². The van der Waals surface area contributed by atoms with Crippen LogP contribution in [0, 0.1) is 6.92 Å².